The lowest BCUT2D eigenvalue weighted by atomic mass is 10.2. The molecule has 0 radical (unpaired) electrons. The standard InChI is InChI=1S/C20H24N4O3S2/c1-3-11-24-18-10-9-16(29(21,26)27)12-17(18)22-20(24)28-14-19(25)23(2)13-15-7-5-4-6-8-15/h4-10,12H,3,11,13-14H2,1-2H3,(H2,21,26,27). The van der Waals surface area contributed by atoms with E-state index in [1.165, 1.54) is 23.9 Å². The maximum atomic E-state index is 12.6. The van der Waals surface area contributed by atoms with Crippen LogP contribution in [0.2, 0.25) is 0 Å². The fourth-order valence-corrected chi connectivity index (χ4v) is 4.51. The Hall–Kier alpha value is -2.36. The lowest BCUT2D eigenvalue weighted by Crippen LogP contribution is -2.27. The average molecular weight is 433 g/mol. The number of primary sulfonamides is 1. The molecule has 1 amide bonds. The van der Waals surface area contributed by atoms with Gasteiger partial charge in [-0.3, -0.25) is 4.79 Å². The van der Waals surface area contributed by atoms with E-state index in [2.05, 4.69) is 11.9 Å². The van der Waals surface area contributed by atoms with Gasteiger partial charge in [-0.25, -0.2) is 18.5 Å². The van der Waals surface area contributed by atoms with Crippen molar-refractivity contribution in [2.45, 2.75) is 36.5 Å². The summed E-state index contributed by atoms with van der Waals surface area (Å²) in [6, 6.07) is 14.5. The van der Waals surface area contributed by atoms with Crippen LogP contribution in [-0.4, -0.2) is 41.6 Å². The first-order chi connectivity index (χ1) is 13.8. The molecular formula is C20H24N4O3S2. The van der Waals surface area contributed by atoms with Crippen LogP contribution in [0.4, 0.5) is 0 Å². The topological polar surface area (TPSA) is 98.3 Å². The largest absolute Gasteiger partial charge is 0.341 e. The lowest BCUT2D eigenvalue weighted by Gasteiger charge is -2.17. The molecule has 0 bridgehead atoms. The van der Waals surface area contributed by atoms with E-state index in [-0.39, 0.29) is 16.6 Å². The Morgan fingerprint density at radius 3 is 2.59 bits per heavy atom. The summed E-state index contributed by atoms with van der Waals surface area (Å²) < 4.78 is 25.3. The molecule has 0 unspecified atom stereocenters. The Labute approximate surface area is 175 Å². The number of hydrogen-bond donors (Lipinski definition) is 1. The van der Waals surface area contributed by atoms with Crippen LogP contribution in [0.5, 0.6) is 0 Å². The average Bonchev–Trinajstić information content (AvgIpc) is 3.03. The summed E-state index contributed by atoms with van der Waals surface area (Å²) >= 11 is 1.35. The third kappa shape index (κ3) is 5.17. The van der Waals surface area contributed by atoms with Crippen molar-refractivity contribution in [3.05, 3.63) is 54.1 Å². The van der Waals surface area contributed by atoms with Gasteiger partial charge >= 0.3 is 0 Å². The predicted molar refractivity (Wildman–Crippen MR) is 115 cm³/mol. The number of imidazole rings is 1. The zero-order chi connectivity index (χ0) is 21.0. The minimum absolute atomic E-state index is 0.000757. The third-order valence-electron chi connectivity index (χ3n) is 4.47. The van der Waals surface area contributed by atoms with E-state index in [0.29, 0.717) is 17.2 Å². The summed E-state index contributed by atoms with van der Waals surface area (Å²) in [7, 11) is -2.01. The van der Waals surface area contributed by atoms with E-state index in [4.69, 9.17) is 5.14 Å². The van der Waals surface area contributed by atoms with E-state index >= 15 is 0 Å². The number of aryl methyl sites for hydroxylation is 1. The minimum Gasteiger partial charge on any atom is -0.341 e. The van der Waals surface area contributed by atoms with E-state index in [1.54, 1.807) is 18.0 Å². The molecule has 0 aliphatic heterocycles. The van der Waals surface area contributed by atoms with Crippen LogP contribution >= 0.6 is 11.8 Å². The van der Waals surface area contributed by atoms with Crippen LogP contribution in [0, 0.1) is 0 Å². The lowest BCUT2D eigenvalue weighted by molar-refractivity contribution is -0.127. The highest BCUT2D eigenvalue weighted by atomic mass is 32.2. The second-order valence-corrected chi connectivity index (χ2v) is 9.27. The molecule has 3 rings (SSSR count). The minimum atomic E-state index is -3.79. The Morgan fingerprint density at radius 2 is 1.93 bits per heavy atom. The normalized spacial score (nSPS) is 11.7. The van der Waals surface area contributed by atoms with Gasteiger partial charge in [0.25, 0.3) is 0 Å². The van der Waals surface area contributed by atoms with Crippen LogP contribution in [0.3, 0.4) is 0 Å². The summed E-state index contributed by atoms with van der Waals surface area (Å²) in [5.41, 5.74) is 2.45. The van der Waals surface area contributed by atoms with Gasteiger partial charge in [0.2, 0.25) is 15.9 Å². The van der Waals surface area contributed by atoms with Crippen molar-refractivity contribution in [1.82, 2.24) is 14.5 Å². The number of thioether (sulfide) groups is 1. The van der Waals surface area contributed by atoms with Crippen molar-refractivity contribution in [2.24, 2.45) is 5.14 Å². The van der Waals surface area contributed by atoms with E-state index in [0.717, 1.165) is 24.0 Å². The molecule has 0 saturated carbocycles. The summed E-state index contributed by atoms with van der Waals surface area (Å²) in [6.07, 6.45) is 0.887. The molecule has 0 aliphatic rings. The number of carbonyl (C=O) groups excluding carboxylic acids is 1. The number of hydrogen-bond acceptors (Lipinski definition) is 5. The highest BCUT2D eigenvalue weighted by Gasteiger charge is 2.17. The van der Waals surface area contributed by atoms with E-state index in [9.17, 15) is 13.2 Å². The van der Waals surface area contributed by atoms with Crippen LogP contribution in [0.15, 0.2) is 58.6 Å². The first-order valence-electron chi connectivity index (χ1n) is 9.23. The van der Waals surface area contributed by atoms with Crippen LogP contribution < -0.4 is 5.14 Å². The van der Waals surface area contributed by atoms with Crippen molar-refractivity contribution in [3.63, 3.8) is 0 Å². The van der Waals surface area contributed by atoms with Gasteiger partial charge in [0.15, 0.2) is 5.16 Å². The van der Waals surface area contributed by atoms with Gasteiger partial charge in [-0.2, -0.15) is 0 Å². The number of carbonyl (C=O) groups is 1. The van der Waals surface area contributed by atoms with E-state index < -0.39 is 10.0 Å². The number of fused-ring (bicyclic) bond motifs is 1. The van der Waals surface area contributed by atoms with Crippen molar-refractivity contribution in [1.29, 1.82) is 0 Å². The number of benzene rings is 2. The van der Waals surface area contributed by atoms with Gasteiger partial charge in [-0.05, 0) is 30.2 Å². The predicted octanol–water partition coefficient (Wildman–Crippen LogP) is 2.84. The molecule has 1 heterocycles. The summed E-state index contributed by atoms with van der Waals surface area (Å²) in [5, 5.41) is 5.92. The van der Waals surface area contributed by atoms with Gasteiger partial charge in [0.1, 0.15) is 0 Å². The number of amides is 1. The molecule has 2 aromatic carbocycles. The van der Waals surface area contributed by atoms with Gasteiger partial charge in [-0.15, -0.1) is 0 Å². The molecule has 0 saturated heterocycles. The van der Waals surface area contributed by atoms with Gasteiger partial charge in [0.05, 0.1) is 21.7 Å². The molecule has 0 atom stereocenters. The molecular weight excluding hydrogens is 408 g/mol. The molecule has 1 aromatic heterocycles. The molecule has 154 valence electrons. The molecule has 0 fully saturated rings. The quantitative estimate of drug-likeness (QED) is 0.552. The maximum Gasteiger partial charge on any atom is 0.238 e. The second kappa shape index (κ2) is 8.98. The fraction of sp³-hybridized carbons (Fsp3) is 0.300. The highest BCUT2D eigenvalue weighted by Crippen LogP contribution is 2.26. The van der Waals surface area contributed by atoms with Crippen LogP contribution in [0.25, 0.3) is 11.0 Å². The Kier molecular flexibility index (Phi) is 6.61. The Balaban J connectivity index is 1.77. The molecule has 29 heavy (non-hydrogen) atoms. The second-order valence-electron chi connectivity index (χ2n) is 6.77. The summed E-state index contributed by atoms with van der Waals surface area (Å²) in [5.74, 6) is 0.248. The highest BCUT2D eigenvalue weighted by molar-refractivity contribution is 7.99. The molecule has 0 aliphatic carbocycles. The van der Waals surface area contributed by atoms with Gasteiger partial charge < -0.3 is 9.47 Å². The van der Waals surface area contributed by atoms with Crippen molar-refractivity contribution < 1.29 is 13.2 Å². The number of sulfonamides is 1. The van der Waals surface area contributed by atoms with Crippen molar-refractivity contribution >= 4 is 38.7 Å². The Bertz CT molecular complexity index is 1110. The first-order valence-corrected chi connectivity index (χ1v) is 11.8. The fourth-order valence-electron chi connectivity index (χ4n) is 3.00. The van der Waals surface area contributed by atoms with E-state index in [1.807, 2.05) is 34.9 Å². The monoisotopic (exact) mass is 432 g/mol. The summed E-state index contributed by atoms with van der Waals surface area (Å²) in [6.45, 7) is 3.32. The number of rotatable bonds is 8. The zero-order valence-electron chi connectivity index (χ0n) is 16.4. The number of aromatic nitrogens is 2. The maximum absolute atomic E-state index is 12.6. The molecule has 7 nitrogen and oxygen atoms in total. The van der Waals surface area contributed by atoms with Crippen LogP contribution in [-0.2, 0) is 27.9 Å². The molecule has 3 aromatic rings. The summed E-state index contributed by atoms with van der Waals surface area (Å²) in [4.78, 5) is 18.8. The van der Waals surface area contributed by atoms with Crippen molar-refractivity contribution in [3.8, 4) is 0 Å². The number of nitrogens with two attached hydrogens (primary N) is 1. The SMILES string of the molecule is CCCn1c(SCC(=O)N(C)Cc2ccccc2)nc2cc(S(N)(=O)=O)ccc21. The van der Waals surface area contributed by atoms with Crippen LogP contribution in [0.1, 0.15) is 18.9 Å². The van der Waals surface area contributed by atoms with Gasteiger partial charge in [-0.1, -0.05) is 49.0 Å². The zero-order valence-corrected chi connectivity index (χ0v) is 18.0. The van der Waals surface area contributed by atoms with Crippen molar-refractivity contribution in [2.75, 3.05) is 12.8 Å². The Morgan fingerprint density at radius 1 is 1.21 bits per heavy atom. The molecule has 2 N–H and O–H groups in total. The van der Waals surface area contributed by atoms with Gasteiger partial charge in [0, 0.05) is 20.1 Å². The molecule has 0 spiro atoms. The smallest absolute Gasteiger partial charge is 0.238 e. The first kappa shape index (κ1) is 21.4. The third-order valence-corrected chi connectivity index (χ3v) is 6.35. The molecule has 9 heteroatoms. The number of nitrogens with zero attached hydrogens (tertiary/aromatic N) is 3.